The monoisotopic (exact) mass is 511 g/mol. The Bertz CT molecular complexity index is 1650. The van der Waals surface area contributed by atoms with Crippen molar-refractivity contribution < 1.29 is 28.5 Å². The maximum Gasteiger partial charge on any atom is 0.203 e. The van der Waals surface area contributed by atoms with Gasteiger partial charge in [-0.15, -0.1) is 0 Å². The van der Waals surface area contributed by atoms with Crippen LogP contribution in [0.2, 0.25) is 0 Å². The number of carbonyl (C=O) groups is 1. The van der Waals surface area contributed by atoms with Crippen molar-refractivity contribution in [2.75, 3.05) is 34.5 Å². The fraction of sp³-hybridized carbons (Fsp3) is 0.172. The normalized spacial score (nSPS) is 13.1. The Labute approximate surface area is 218 Å². The molecule has 2 N–H and O–H groups in total. The minimum Gasteiger partial charge on any atom is -0.493 e. The summed E-state index contributed by atoms with van der Waals surface area (Å²) in [7, 11) is 4.55. The highest BCUT2D eigenvalue weighted by Crippen LogP contribution is 2.40. The van der Waals surface area contributed by atoms with Crippen molar-refractivity contribution in [3.63, 3.8) is 0 Å². The van der Waals surface area contributed by atoms with Gasteiger partial charge in [-0.3, -0.25) is 4.79 Å². The average molecular weight is 512 g/mol. The van der Waals surface area contributed by atoms with E-state index < -0.39 is 0 Å². The number of nitrogens with zero attached hydrogens (tertiary/aromatic N) is 1. The number of H-pyrrole nitrogens is 2. The van der Waals surface area contributed by atoms with Crippen LogP contribution >= 0.6 is 0 Å². The zero-order chi connectivity index (χ0) is 26.2. The lowest BCUT2D eigenvalue weighted by Crippen LogP contribution is -2.15. The first-order chi connectivity index (χ1) is 18.6. The molecule has 38 heavy (non-hydrogen) atoms. The fourth-order valence-corrected chi connectivity index (χ4v) is 4.65. The first-order valence-corrected chi connectivity index (χ1v) is 12.0. The molecule has 6 rings (SSSR count). The zero-order valence-corrected chi connectivity index (χ0v) is 21.1. The number of methoxy groups -OCH3 is 3. The van der Waals surface area contributed by atoms with Crippen LogP contribution in [0.25, 0.3) is 33.6 Å². The van der Waals surface area contributed by atoms with Crippen molar-refractivity contribution >= 4 is 39.4 Å². The highest BCUT2D eigenvalue weighted by atomic mass is 16.6. The number of hydrogen-bond acceptors (Lipinski definition) is 7. The Morgan fingerprint density at radius 3 is 2.34 bits per heavy atom. The number of allylic oxidation sites excluding steroid dienone is 1. The van der Waals surface area contributed by atoms with Gasteiger partial charge in [-0.2, -0.15) is 0 Å². The van der Waals surface area contributed by atoms with Crippen LogP contribution in [0.15, 0.2) is 54.7 Å². The van der Waals surface area contributed by atoms with E-state index in [0.29, 0.717) is 64.4 Å². The summed E-state index contributed by atoms with van der Waals surface area (Å²) < 4.78 is 27.9. The van der Waals surface area contributed by atoms with Crippen molar-refractivity contribution in [2.24, 2.45) is 0 Å². The van der Waals surface area contributed by atoms with Gasteiger partial charge in [0.2, 0.25) is 5.75 Å². The standard InChI is InChI=1S/C29H25N3O6/c1-34-25-11-16(12-26(35-2)28(25)36-3)27(33)19(10-17-15-30-20-7-5-4-6-18(17)20)29-31-21-13-23-24(14-22(21)32-29)38-9-8-37-23/h4-7,10-15,30H,8-9H2,1-3H3,(H,31,32)/b19-10+. The molecule has 1 aliphatic heterocycles. The molecule has 0 unspecified atom stereocenters. The van der Waals surface area contributed by atoms with Gasteiger partial charge in [-0.1, -0.05) is 18.2 Å². The molecule has 3 aromatic carbocycles. The van der Waals surface area contributed by atoms with Gasteiger partial charge in [-0.05, 0) is 24.3 Å². The predicted octanol–water partition coefficient (Wildman–Crippen LogP) is 5.26. The van der Waals surface area contributed by atoms with E-state index in [1.807, 2.05) is 48.7 Å². The van der Waals surface area contributed by atoms with Crippen LogP contribution in [-0.4, -0.2) is 55.3 Å². The molecule has 0 fully saturated rings. The second-order valence-electron chi connectivity index (χ2n) is 8.69. The van der Waals surface area contributed by atoms with Crippen LogP contribution in [-0.2, 0) is 0 Å². The van der Waals surface area contributed by atoms with Gasteiger partial charge in [0.15, 0.2) is 28.8 Å². The number of aromatic amines is 2. The van der Waals surface area contributed by atoms with Crippen molar-refractivity contribution in [2.45, 2.75) is 0 Å². The summed E-state index contributed by atoms with van der Waals surface area (Å²) in [6.45, 7) is 0.950. The molecule has 0 saturated heterocycles. The largest absolute Gasteiger partial charge is 0.493 e. The second kappa shape index (κ2) is 9.51. The number of hydrogen-bond donors (Lipinski definition) is 2. The Morgan fingerprint density at radius 2 is 1.63 bits per heavy atom. The zero-order valence-electron chi connectivity index (χ0n) is 21.1. The molecule has 5 aromatic rings. The van der Waals surface area contributed by atoms with Crippen molar-refractivity contribution in [3.05, 3.63) is 71.7 Å². The van der Waals surface area contributed by atoms with E-state index in [2.05, 4.69) is 9.97 Å². The van der Waals surface area contributed by atoms with Gasteiger partial charge in [0.1, 0.15) is 19.0 Å². The third-order valence-corrected chi connectivity index (χ3v) is 6.49. The van der Waals surface area contributed by atoms with E-state index in [1.165, 1.54) is 21.3 Å². The minimum absolute atomic E-state index is 0.272. The van der Waals surface area contributed by atoms with Crippen LogP contribution in [0.5, 0.6) is 28.7 Å². The van der Waals surface area contributed by atoms with Crippen LogP contribution in [0.1, 0.15) is 21.7 Å². The topological polar surface area (TPSA) is 108 Å². The number of carbonyl (C=O) groups excluding carboxylic acids is 1. The first kappa shape index (κ1) is 23.5. The SMILES string of the molecule is COc1cc(C(=O)/C(=C\c2c[nH]c3ccccc23)c2nc3cc4c(cc3[nH]2)OCCO4)cc(OC)c1OC. The molecule has 0 bridgehead atoms. The summed E-state index contributed by atoms with van der Waals surface area (Å²) in [6, 6.07) is 14.8. The molecule has 9 nitrogen and oxygen atoms in total. The highest BCUT2D eigenvalue weighted by molar-refractivity contribution is 6.32. The van der Waals surface area contributed by atoms with Crippen LogP contribution < -0.4 is 23.7 Å². The molecule has 0 atom stereocenters. The summed E-state index contributed by atoms with van der Waals surface area (Å²) in [5.41, 5.74) is 3.92. The Kier molecular flexibility index (Phi) is 5.88. The van der Waals surface area contributed by atoms with Crippen molar-refractivity contribution in [3.8, 4) is 28.7 Å². The van der Waals surface area contributed by atoms with E-state index in [9.17, 15) is 4.79 Å². The maximum atomic E-state index is 14.1. The summed E-state index contributed by atoms with van der Waals surface area (Å²) >= 11 is 0. The van der Waals surface area contributed by atoms with E-state index in [4.69, 9.17) is 28.7 Å². The van der Waals surface area contributed by atoms with E-state index in [1.54, 1.807) is 12.1 Å². The summed E-state index contributed by atoms with van der Waals surface area (Å²) in [4.78, 5) is 25.5. The maximum absolute atomic E-state index is 14.1. The molecule has 192 valence electrons. The number of rotatable bonds is 7. The van der Waals surface area contributed by atoms with Crippen molar-refractivity contribution in [1.29, 1.82) is 0 Å². The quantitative estimate of drug-likeness (QED) is 0.227. The number of benzene rings is 3. The number of fused-ring (bicyclic) bond motifs is 3. The fourth-order valence-electron chi connectivity index (χ4n) is 4.65. The smallest absolute Gasteiger partial charge is 0.203 e. The Balaban J connectivity index is 1.53. The van der Waals surface area contributed by atoms with Crippen LogP contribution in [0.4, 0.5) is 0 Å². The molecule has 3 heterocycles. The Hall–Kier alpha value is -4.92. The van der Waals surface area contributed by atoms with Gasteiger partial charge in [-0.25, -0.2) is 4.98 Å². The number of para-hydroxylation sites is 1. The minimum atomic E-state index is -0.272. The van der Waals surface area contributed by atoms with Crippen molar-refractivity contribution in [1.82, 2.24) is 15.0 Å². The second-order valence-corrected chi connectivity index (χ2v) is 8.69. The summed E-state index contributed by atoms with van der Waals surface area (Å²) in [5, 5.41) is 0.982. The van der Waals surface area contributed by atoms with E-state index >= 15 is 0 Å². The molecule has 1 aliphatic rings. The van der Waals surface area contributed by atoms with Crippen LogP contribution in [0.3, 0.4) is 0 Å². The van der Waals surface area contributed by atoms with E-state index in [0.717, 1.165) is 22.0 Å². The lowest BCUT2D eigenvalue weighted by molar-refractivity contribution is 0.105. The van der Waals surface area contributed by atoms with Gasteiger partial charge >= 0.3 is 0 Å². The van der Waals surface area contributed by atoms with Gasteiger partial charge in [0, 0.05) is 40.4 Å². The number of ether oxygens (including phenoxy) is 5. The van der Waals surface area contributed by atoms with Gasteiger partial charge in [0.25, 0.3) is 0 Å². The van der Waals surface area contributed by atoms with Crippen LogP contribution in [0, 0.1) is 0 Å². The first-order valence-electron chi connectivity index (χ1n) is 12.0. The average Bonchev–Trinajstić information content (AvgIpc) is 3.56. The molecule has 2 aromatic heterocycles. The third kappa shape index (κ3) is 3.98. The van der Waals surface area contributed by atoms with Gasteiger partial charge < -0.3 is 33.7 Å². The number of nitrogens with one attached hydrogen (secondary N) is 2. The number of Topliss-reactive ketones (excluding diaryl/α,β-unsaturated/α-hetero) is 1. The molecular weight excluding hydrogens is 486 g/mol. The molecule has 0 spiro atoms. The lowest BCUT2D eigenvalue weighted by Gasteiger charge is -2.17. The third-order valence-electron chi connectivity index (χ3n) is 6.49. The van der Waals surface area contributed by atoms with E-state index in [-0.39, 0.29) is 5.78 Å². The molecule has 0 saturated carbocycles. The predicted molar refractivity (Wildman–Crippen MR) is 144 cm³/mol. The number of aromatic nitrogens is 3. The molecule has 0 amide bonds. The van der Waals surface area contributed by atoms with Gasteiger partial charge in [0.05, 0.1) is 37.9 Å². The lowest BCUT2D eigenvalue weighted by atomic mass is 9.99. The number of ketones is 1. The summed E-state index contributed by atoms with van der Waals surface area (Å²) in [6.07, 6.45) is 3.70. The number of imidazole rings is 1. The Morgan fingerprint density at radius 1 is 0.921 bits per heavy atom. The molecule has 0 aliphatic carbocycles. The molecule has 9 heteroatoms. The molecule has 0 radical (unpaired) electrons. The molecular formula is C29H25N3O6. The highest BCUT2D eigenvalue weighted by Gasteiger charge is 2.24. The summed E-state index contributed by atoms with van der Waals surface area (Å²) in [5.74, 6) is 2.57.